The highest BCUT2D eigenvalue weighted by Crippen LogP contribution is 2.33. The third kappa shape index (κ3) is 3.01. The van der Waals surface area contributed by atoms with Crippen molar-refractivity contribution in [2.45, 2.75) is 57.5 Å². The fourth-order valence-corrected chi connectivity index (χ4v) is 3.28. The largest absolute Gasteiger partial charge is 0.304 e. The van der Waals surface area contributed by atoms with Gasteiger partial charge in [0.1, 0.15) is 5.01 Å². The molecule has 0 bridgehead atoms. The maximum Gasteiger partial charge on any atom is 0.107 e. The second kappa shape index (κ2) is 4.87. The zero-order valence-corrected chi connectivity index (χ0v) is 12.4. The number of hydrogen-bond acceptors (Lipinski definition) is 3. The molecule has 96 valence electrons. The summed E-state index contributed by atoms with van der Waals surface area (Å²) in [4.78, 5) is 4.69. The fourth-order valence-electron chi connectivity index (χ4n) is 1.96. The van der Waals surface area contributed by atoms with Crippen LogP contribution in [-0.2, 0) is 12.0 Å². The Morgan fingerprint density at radius 2 is 2.18 bits per heavy atom. The van der Waals surface area contributed by atoms with E-state index in [1.807, 2.05) is 0 Å². The van der Waals surface area contributed by atoms with Gasteiger partial charge in [0, 0.05) is 28.8 Å². The van der Waals surface area contributed by atoms with Crippen LogP contribution in [0.3, 0.4) is 0 Å². The Morgan fingerprint density at radius 1 is 1.47 bits per heavy atom. The van der Waals surface area contributed by atoms with Gasteiger partial charge < -0.3 is 5.32 Å². The van der Waals surface area contributed by atoms with Crippen molar-refractivity contribution in [1.82, 2.24) is 10.3 Å². The molecule has 1 aliphatic rings. The molecule has 17 heavy (non-hydrogen) atoms. The minimum atomic E-state index is 0.148. The van der Waals surface area contributed by atoms with E-state index in [-0.39, 0.29) is 11.0 Å². The van der Waals surface area contributed by atoms with E-state index in [1.165, 1.54) is 30.0 Å². The average molecular weight is 273 g/mol. The normalized spacial score (nSPS) is 19.1. The Morgan fingerprint density at radius 3 is 2.59 bits per heavy atom. The standard InChI is InChI=1S/C13H21ClN2S/c1-12(2,3)10-8-17-11(16-10)7-15-13(9-14)5-4-6-13/h8,15H,4-7,9H2,1-3H3. The van der Waals surface area contributed by atoms with Gasteiger partial charge in [-0.15, -0.1) is 22.9 Å². The van der Waals surface area contributed by atoms with E-state index < -0.39 is 0 Å². The van der Waals surface area contributed by atoms with Gasteiger partial charge in [-0.05, 0) is 19.3 Å². The van der Waals surface area contributed by atoms with E-state index in [4.69, 9.17) is 16.6 Å². The highest BCUT2D eigenvalue weighted by molar-refractivity contribution is 7.09. The third-order valence-electron chi connectivity index (χ3n) is 3.50. The number of alkyl halides is 1. The summed E-state index contributed by atoms with van der Waals surface area (Å²) in [6.07, 6.45) is 3.70. The van der Waals surface area contributed by atoms with Gasteiger partial charge in [-0.2, -0.15) is 0 Å². The number of hydrogen-bond donors (Lipinski definition) is 1. The van der Waals surface area contributed by atoms with Crippen LogP contribution in [0.1, 0.15) is 50.7 Å². The van der Waals surface area contributed by atoms with E-state index in [1.54, 1.807) is 11.3 Å². The lowest BCUT2D eigenvalue weighted by Crippen LogP contribution is -2.52. The van der Waals surface area contributed by atoms with Gasteiger partial charge in [-0.25, -0.2) is 4.98 Å². The van der Waals surface area contributed by atoms with Gasteiger partial charge in [-0.1, -0.05) is 20.8 Å². The van der Waals surface area contributed by atoms with Crippen molar-refractivity contribution in [2.75, 3.05) is 5.88 Å². The van der Waals surface area contributed by atoms with E-state index in [0.717, 1.165) is 6.54 Å². The zero-order chi connectivity index (χ0) is 12.5. The predicted molar refractivity (Wildman–Crippen MR) is 75.0 cm³/mol. The van der Waals surface area contributed by atoms with Crippen molar-refractivity contribution in [3.8, 4) is 0 Å². The Balaban J connectivity index is 1.93. The first-order chi connectivity index (χ1) is 7.95. The first-order valence-electron chi connectivity index (χ1n) is 6.21. The van der Waals surface area contributed by atoms with Crippen molar-refractivity contribution >= 4 is 22.9 Å². The summed E-state index contributed by atoms with van der Waals surface area (Å²) in [7, 11) is 0. The zero-order valence-electron chi connectivity index (χ0n) is 10.8. The molecule has 0 aliphatic heterocycles. The van der Waals surface area contributed by atoms with Crippen LogP contribution in [0.25, 0.3) is 0 Å². The molecule has 0 spiro atoms. The third-order valence-corrected chi connectivity index (χ3v) is 4.86. The van der Waals surface area contributed by atoms with E-state index in [9.17, 15) is 0 Å². The predicted octanol–water partition coefficient (Wildman–Crippen LogP) is 3.69. The van der Waals surface area contributed by atoms with Crippen LogP contribution in [0, 0.1) is 0 Å². The number of thiazole rings is 1. The lowest BCUT2D eigenvalue weighted by Gasteiger charge is -2.41. The van der Waals surface area contributed by atoms with Crippen LogP contribution in [0.5, 0.6) is 0 Å². The smallest absolute Gasteiger partial charge is 0.107 e. The molecule has 0 unspecified atom stereocenters. The number of nitrogens with zero attached hydrogens (tertiary/aromatic N) is 1. The van der Waals surface area contributed by atoms with Crippen LogP contribution in [0.15, 0.2) is 5.38 Å². The number of nitrogens with one attached hydrogen (secondary N) is 1. The minimum Gasteiger partial charge on any atom is -0.304 e. The molecule has 1 heterocycles. The van der Waals surface area contributed by atoms with Crippen molar-refractivity contribution < 1.29 is 0 Å². The summed E-state index contributed by atoms with van der Waals surface area (Å²) in [6, 6.07) is 0. The maximum atomic E-state index is 6.02. The van der Waals surface area contributed by atoms with Crippen LogP contribution in [0.2, 0.25) is 0 Å². The van der Waals surface area contributed by atoms with Gasteiger partial charge >= 0.3 is 0 Å². The van der Waals surface area contributed by atoms with Crippen LogP contribution >= 0.6 is 22.9 Å². The molecule has 1 aromatic rings. The highest BCUT2D eigenvalue weighted by atomic mass is 35.5. The van der Waals surface area contributed by atoms with E-state index in [2.05, 4.69) is 31.5 Å². The molecular formula is C13H21ClN2S. The molecule has 2 rings (SSSR count). The first-order valence-corrected chi connectivity index (χ1v) is 7.62. The van der Waals surface area contributed by atoms with Crippen LogP contribution < -0.4 is 5.32 Å². The van der Waals surface area contributed by atoms with Crippen molar-refractivity contribution in [1.29, 1.82) is 0 Å². The van der Waals surface area contributed by atoms with Gasteiger partial charge in [0.2, 0.25) is 0 Å². The molecular weight excluding hydrogens is 252 g/mol. The van der Waals surface area contributed by atoms with Crippen molar-refractivity contribution in [3.63, 3.8) is 0 Å². The van der Waals surface area contributed by atoms with Gasteiger partial charge in [0.25, 0.3) is 0 Å². The Hall–Kier alpha value is -0.120. The second-order valence-corrected chi connectivity index (χ2v) is 7.21. The monoisotopic (exact) mass is 272 g/mol. The minimum absolute atomic E-state index is 0.148. The summed E-state index contributed by atoms with van der Waals surface area (Å²) in [6.45, 7) is 7.45. The van der Waals surface area contributed by atoms with Crippen LogP contribution in [-0.4, -0.2) is 16.4 Å². The summed E-state index contributed by atoms with van der Waals surface area (Å²) in [5, 5.41) is 6.92. The van der Waals surface area contributed by atoms with Crippen molar-refractivity contribution in [2.24, 2.45) is 0 Å². The van der Waals surface area contributed by atoms with Crippen LogP contribution in [0.4, 0.5) is 0 Å². The molecule has 1 N–H and O–H groups in total. The second-order valence-electron chi connectivity index (χ2n) is 6.00. The lowest BCUT2D eigenvalue weighted by atomic mass is 9.78. The molecule has 1 aromatic heterocycles. The van der Waals surface area contributed by atoms with E-state index >= 15 is 0 Å². The SMILES string of the molecule is CC(C)(C)c1csc(CNC2(CCl)CCC2)n1. The summed E-state index contributed by atoms with van der Waals surface area (Å²) in [5.74, 6) is 0.713. The molecule has 0 saturated heterocycles. The summed E-state index contributed by atoms with van der Waals surface area (Å²) < 4.78 is 0. The lowest BCUT2D eigenvalue weighted by molar-refractivity contribution is 0.211. The van der Waals surface area contributed by atoms with Crippen molar-refractivity contribution in [3.05, 3.63) is 16.1 Å². The maximum absolute atomic E-state index is 6.02. The molecule has 0 radical (unpaired) electrons. The molecule has 2 nitrogen and oxygen atoms in total. The van der Waals surface area contributed by atoms with Gasteiger partial charge in [0.05, 0.1) is 5.69 Å². The summed E-state index contributed by atoms with van der Waals surface area (Å²) in [5.41, 5.74) is 1.53. The average Bonchev–Trinajstić information content (AvgIpc) is 2.65. The number of aromatic nitrogens is 1. The Labute approximate surface area is 113 Å². The van der Waals surface area contributed by atoms with Gasteiger partial charge in [-0.3, -0.25) is 0 Å². The molecule has 0 atom stereocenters. The Kier molecular flexibility index (Phi) is 3.81. The van der Waals surface area contributed by atoms with E-state index in [0.29, 0.717) is 5.88 Å². The molecule has 1 fully saturated rings. The highest BCUT2D eigenvalue weighted by Gasteiger charge is 2.35. The van der Waals surface area contributed by atoms with Gasteiger partial charge in [0.15, 0.2) is 0 Å². The number of halogens is 1. The Bertz CT molecular complexity index is 372. The first kappa shape index (κ1) is 13.3. The molecule has 1 saturated carbocycles. The topological polar surface area (TPSA) is 24.9 Å². The number of rotatable bonds is 4. The molecule has 0 aromatic carbocycles. The molecule has 1 aliphatic carbocycles. The molecule has 4 heteroatoms. The molecule has 0 amide bonds. The fraction of sp³-hybridized carbons (Fsp3) is 0.769. The summed E-state index contributed by atoms with van der Waals surface area (Å²) >= 11 is 7.77. The quantitative estimate of drug-likeness (QED) is 0.846.